The van der Waals surface area contributed by atoms with Gasteiger partial charge in [0.05, 0.1) is 0 Å². The van der Waals surface area contributed by atoms with Crippen LogP contribution in [0.3, 0.4) is 0 Å². The van der Waals surface area contributed by atoms with Gasteiger partial charge in [-0.25, -0.2) is 0 Å². The molecule has 114 valence electrons. The smallest absolute Gasteiger partial charge is 0.400 e. The Morgan fingerprint density at radius 3 is 2.42 bits per heavy atom. The van der Waals surface area contributed by atoms with Gasteiger partial charge in [-0.1, -0.05) is 37.8 Å². The first-order chi connectivity index (χ1) is 8.82. The molecule has 0 radical (unpaired) electrons. The molecule has 0 aromatic rings. The molecular formula is C12H24F3N3O. The Kier molecular flexibility index (Phi) is 8.54. The van der Waals surface area contributed by atoms with Crippen LogP contribution in [0.5, 0.6) is 0 Å². The summed E-state index contributed by atoms with van der Waals surface area (Å²) in [5, 5.41) is 13.6. The number of hydrogen-bond acceptors (Lipinski definition) is 3. The third-order valence-corrected chi connectivity index (χ3v) is 3.03. The normalized spacial score (nSPS) is 16.4. The van der Waals surface area contributed by atoms with Crippen molar-refractivity contribution in [2.24, 2.45) is 16.8 Å². The maximum Gasteiger partial charge on any atom is 0.400 e. The standard InChI is InChI=1S/C12H24F3N3O/c1-3-4-5-6-7-9(2)17-8-10(11(16)18-19)12(13,14)15/h9-10,17,19H,3-8H2,1-2H3,(H2,16,18). The van der Waals surface area contributed by atoms with E-state index in [1.807, 2.05) is 6.92 Å². The monoisotopic (exact) mass is 283 g/mol. The molecule has 0 rings (SSSR count). The predicted octanol–water partition coefficient (Wildman–Crippen LogP) is 2.86. The van der Waals surface area contributed by atoms with Crippen molar-refractivity contribution in [3.05, 3.63) is 0 Å². The van der Waals surface area contributed by atoms with Crippen molar-refractivity contribution >= 4 is 5.84 Å². The molecule has 2 unspecified atom stereocenters. The summed E-state index contributed by atoms with van der Waals surface area (Å²) < 4.78 is 37.9. The van der Waals surface area contributed by atoms with Crippen LogP contribution in [0.25, 0.3) is 0 Å². The number of oxime groups is 1. The van der Waals surface area contributed by atoms with Crippen LogP contribution in [-0.4, -0.2) is 29.8 Å². The average molecular weight is 283 g/mol. The Bertz CT molecular complexity index is 269. The molecule has 0 saturated heterocycles. The van der Waals surface area contributed by atoms with E-state index in [1.165, 1.54) is 0 Å². The summed E-state index contributed by atoms with van der Waals surface area (Å²) in [7, 11) is 0. The highest BCUT2D eigenvalue weighted by Gasteiger charge is 2.42. The molecule has 0 saturated carbocycles. The van der Waals surface area contributed by atoms with E-state index in [-0.39, 0.29) is 12.6 Å². The lowest BCUT2D eigenvalue weighted by Gasteiger charge is -2.22. The zero-order valence-corrected chi connectivity index (χ0v) is 11.5. The lowest BCUT2D eigenvalue weighted by Crippen LogP contribution is -2.44. The van der Waals surface area contributed by atoms with E-state index in [0.29, 0.717) is 0 Å². The predicted molar refractivity (Wildman–Crippen MR) is 69.2 cm³/mol. The first-order valence-electron chi connectivity index (χ1n) is 6.60. The number of nitrogens with zero attached hydrogens (tertiary/aromatic N) is 1. The average Bonchev–Trinajstić information content (AvgIpc) is 2.32. The largest absolute Gasteiger partial charge is 0.409 e. The molecule has 7 heteroatoms. The van der Waals surface area contributed by atoms with E-state index >= 15 is 0 Å². The summed E-state index contributed by atoms with van der Waals surface area (Å²) in [4.78, 5) is 0. The number of alkyl halides is 3. The van der Waals surface area contributed by atoms with Crippen LogP contribution in [0.15, 0.2) is 5.16 Å². The molecule has 0 spiro atoms. The van der Waals surface area contributed by atoms with Crippen LogP contribution in [0, 0.1) is 5.92 Å². The number of amidine groups is 1. The van der Waals surface area contributed by atoms with Gasteiger partial charge in [-0.2, -0.15) is 13.2 Å². The maximum absolute atomic E-state index is 12.6. The van der Waals surface area contributed by atoms with Crippen LogP contribution < -0.4 is 11.1 Å². The van der Waals surface area contributed by atoms with Crippen LogP contribution >= 0.6 is 0 Å². The topological polar surface area (TPSA) is 70.6 Å². The summed E-state index contributed by atoms with van der Waals surface area (Å²) >= 11 is 0. The van der Waals surface area contributed by atoms with Crippen LogP contribution in [0.4, 0.5) is 13.2 Å². The Balaban J connectivity index is 4.11. The van der Waals surface area contributed by atoms with Gasteiger partial charge < -0.3 is 16.3 Å². The number of nitrogens with two attached hydrogens (primary N) is 1. The van der Waals surface area contributed by atoms with Crippen molar-refractivity contribution in [2.45, 2.75) is 58.2 Å². The van der Waals surface area contributed by atoms with Gasteiger partial charge in [0, 0.05) is 12.6 Å². The SMILES string of the molecule is CCCCCCC(C)NCC(C(N)=NO)C(F)(F)F. The van der Waals surface area contributed by atoms with E-state index in [4.69, 9.17) is 10.9 Å². The molecule has 0 aromatic heterocycles. The van der Waals surface area contributed by atoms with Gasteiger partial charge in [-0.15, -0.1) is 0 Å². The lowest BCUT2D eigenvalue weighted by atomic mass is 10.1. The second-order valence-corrected chi connectivity index (χ2v) is 4.78. The number of halogens is 3. The highest BCUT2D eigenvalue weighted by Crippen LogP contribution is 2.26. The van der Waals surface area contributed by atoms with E-state index in [1.54, 1.807) is 0 Å². The molecule has 4 N–H and O–H groups in total. The fraction of sp³-hybridized carbons (Fsp3) is 0.917. The van der Waals surface area contributed by atoms with Crippen molar-refractivity contribution in [2.75, 3.05) is 6.54 Å². The summed E-state index contributed by atoms with van der Waals surface area (Å²) in [5.74, 6) is -2.76. The minimum atomic E-state index is -4.51. The van der Waals surface area contributed by atoms with Crippen LogP contribution in [-0.2, 0) is 0 Å². The molecule has 0 bridgehead atoms. The Morgan fingerprint density at radius 1 is 1.32 bits per heavy atom. The molecule has 0 aliphatic rings. The summed E-state index contributed by atoms with van der Waals surface area (Å²) in [5.41, 5.74) is 5.07. The molecule has 4 nitrogen and oxygen atoms in total. The third kappa shape index (κ3) is 7.92. The third-order valence-electron chi connectivity index (χ3n) is 3.03. The van der Waals surface area contributed by atoms with Crippen molar-refractivity contribution in [3.8, 4) is 0 Å². The maximum atomic E-state index is 12.6. The van der Waals surface area contributed by atoms with Gasteiger partial charge >= 0.3 is 6.18 Å². The number of nitrogens with one attached hydrogen (secondary N) is 1. The molecule has 19 heavy (non-hydrogen) atoms. The molecular weight excluding hydrogens is 259 g/mol. The molecule has 0 amide bonds. The first-order valence-corrected chi connectivity index (χ1v) is 6.60. The first kappa shape index (κ1) is 18.0. The van der Waals surface area contributed by atoms with E-state index in [9.17, 15) is 13.2 Å². The van der Waals surface area contributed by atoms with Crippen LogP contribution in [0.2, 0.25) is 0 Å². The molecule has 0 fully saturated rings. The van der Waals surface area contributed by atoms with Gasteiger partial charge in [0.15, 0.2) is 5.84 Å². The second-order valence-electron chi connectivity index (χ2n) is 4.78. The number of rotatable bonds is 9. The zero-order chi connectivity index (χ0) is 14.9. The van der Waals surface area contributed by atoms with Crippen molar-refractivity contribution in [3.63, 3.8) is 0 Å². The van der Waals surface area contributed by atoms with Gasteiger partial charge in [0.25, 0.3) is 0 Å². The van der Waals surface area contributed by atoms with E-state index in [2.05, 4.69) is 17.4 Å². The van der Waals surface area contributed by atoms with E-state index in [0.717, 1.165) is 32.1 Å². The fourth-order valence-electron chi connectivity index (χ4n) is 1.76. The van der Waals surface area contributed by atoms with Crippen molar-refractivity contribution in [1.82, 2.24) is 5.32 Å². The van der Waals surface area contributed by atoms with Crippen molar-refractivity contribution < 1.29 is 18.4 Å². The molecule has 2 atom stereocenters. The zero-order valence-electron chi connectivity index (χ0n) is 11.5. The Hall–Kier alpha value is -0.980. The molecule has 0 aliphatic heterocycles. The second kappa shape index (κ2) is 9.01. The van der Waals surface area contributed by atoms with Gasteiger partial charge in [-0.3, -0.25) is 0 Å². The highest BCUT2D eigenvalue weighted by atomic mass is 19.4. The van der Waals surface area contributed by atoms with Crippen LogP contribution in [0.1, 0.15) is 46.0 Å². The minimum absolute atomic E-state index is 0.0202. The minimum Gasteiger partial charge on any atom is -0.409 e. The quantitative estimate of drug-likeness (QED) is 0.200. The molecule has 0 heterocycles. The number of unbranched alkanes of at least 4 members (excludes halogenated alkanes) is 3. The van der Waals surface area contributed by atoms with Gasteiger partial charge in [0.2, 0.25) is 0 Å². The van der Waals surface area contributed by atoms with E-state index < -0.39 is 17.9 Å². The lowest BCUT2D eigenvalue weighted by molar-refractivity contribution is -0.155. The number of hydrogen-bond donors (Lipinski definition) is 3. The fourth-order valence-corrected chi connectivity index (χ4v) is 1.76. The Morgan fingerprint density at radius 2 is 1.95 bits per heavy atom. The van der Waals surface area contributed by atoms with Gasteiger partial charge in [-0.05, 0) is 13.3 Å². The molecule has 0 aromatic carbocycles. The molecule has 0 aliphatic carbocycles. The van der Waals surface area contributed by atoms with Gasteiger partial charge in [0.1, 0.15) is 5.92 Å². The summed E-state index contributed by atoms with van der Waals surface area (Å²) in [6, 6.07) is -0.0202. The highest BCUT2D eigenvalue weighted by molar-refractivity contribution is 5.83. The Labute approximate surface area is 112 Å². The summed E-state index contributed by atoms with van der Waals surface area (Å²) in [6.45, 7) is 3.58. The summed E-state index contributed by atoms with van der Waals surface area (Å²) in [6.07, 6.45) is 0.656. The van der Waals surface area contributed by atoms with Crippen molar-refractivity contribution in [1.29, 1.82) is 0 Å².